The summed E-state index contributed by atoms with van der Waals surface area (Å²) in [4.78, 5) is 9.53. The van der Waals surface area contributed by atoms with Gasteiger partial charge in [0.1, 0.15) is 11.6 Å². The molecule has 0 amide bonds. The van der Waals surface area contributed by atoms with Gasteiger partial charge >= 0.3 is 29.6 Å². The zero-order chi connectivity index (χ0) is 13.1. The molecule has 2 heterocycles. The van der Waals surface area contributed by atoms with Crippen LogP contribution in [0.2, 0.25) is 0 Å². The van der Waals surface area contributed by atoms with Gasteiger partial charge in [0.05, 0.1) is 10.4 Å². The minimum atomic E-state index is 0. The average Bonchev–Trinajstić information content (AvgIpc) is 2.66. The molecule has 0 aliphatic rings. The molecular formula is C12H17ClIN4NaOS. The second kappa shape index (κ2) is 11.1. The molecule has 0 bridgehead atoms. The standard InChI is InChI=1S/C12H17N4OS.ClH.HI.Na/c1-8-11(3-4-17)18-7-16(8)6-10-5-14-9(2)15-12(10)13;;;/h5,7,17H,3-4,6H2,1-2H3,(H2,13,14,15);2*1H;/q+1;;;+1/p-2. The number of aliphatic hydroxyl groups excluding tert-OH is 1. The second-order valence-electron chi connectivity index (χ2n) is 4.16. The molecule has 9 heteroatoms. The molecule has 0 unspecified atom stereocenters. The van der Waals surface area contributed by atoms with Crippen LogP contribution in [0.15, 0.2) is 11.7 Å². The van der Waals surface area contributed by atoms with Crippen LogP contribution in [0.1, 0.15) is 22.0 Å². The molecule has 0 aromatic carbocycles. The van der Waals surface area contributed by atoms with Crippen LogP contribution < -0.4 is 76.2 Å². The minimum Gasteiger partial charge on any atom is -1.00 e. The molecule has 2 rings (SSSR count). The second-order valence-corrected chi connectivity index (χ2v) is 5.10. The Morgan fingerprint density at radius 3 is 2.62 bits per heavy atom. The van der Waals surface area contributed by atoms with Crippen molar-refractivity contribution in [3.05, 3.63) is 33.7 Å². The van der Waals surface area contributed by atoms with Crippen LogP contribution in [0.4, 0.5) is 5.82 Å². The van der Waals surface area contributed by atoms with Crippen molar-refractivity contribution in [3.63, 3.8) is 0 Å². The first kappa shape index (κ1) is 23.8. The topological polar surface area (TPSA) is 75.9 Å². The molecule has 0 saturated heterocycles. The molecule has 112 valence electrons. The summed E-state index contributed by atoms with van der Waals surface area (Å²) < 4.78 is 2.11. The Balaban J connectivity index is 0. The number of nitrogens with two attached hydrogens (primary N) is 1. The summed E-state index contributed by atoms with van der Waals surface area (Å²) in [5.41, 5.74) is 10.0. The summed E-state index contributed by atoms with van der Waals surface area (Å²) in [6, 6.07) is 0. The third-order valence-corrected chi connectivity index (χ3v) is 4.00. The van der Waals surface area contributed by atoms with E-state index in [1.807, 2.05) is 19.4 Å². The first-order valence-corrected chi connectivity index (χ1v) is 6.65. The average molecular weight is 451 g/mol. The number of aliphatic hydroxyl groups is 1. The smallest absolute Gasteiger partial charge is 1.00 e. The van der Waals surface area contributed by atoms with Gasteiger partial charge in [-0.3, -0.25) is 0 Å². The van der Waals surface area contributed by atoms with Crippen molar-refractivity contribution in [2.24, 2.45) is 0 Å². The Kier molecular flexibility index (Phi) is 12.5. The van der Waals surface area contributed by atoms with Crippen molar-refractivity contribution in [2.75, 3.05) is 12.3 Å². The molecule has 0 aliphatic heterocycles. The summed E-state index contributed by atoms with van der Waals surface area (Å²) in [5.74, 6) is 1.22. The summed E-state index contributed by atoms with van der Waals surface area (Å²) in [5, 5.41) is 8.98. The maximum absolute atomic E-state index is 8.98. The van der Waals surface area contributed by atoms with Crippen LogP contribution in [-0.4, -0.2) is 21.7 Å². The van der Waals surface area contributed by atoms with Gasteiger partial charge < -0.3 is 47.2 Å². The number of hydrogen-bond acceptors (Lipinski definition) is 5. The van der Waals surface area contributed by atoms with Crippen LogP contribution in [0, 0.1) is 13.8 Å². The van der Waals surface area contributed by atoms with Crippen molar-refractivity contribution in [1.29, 1.82) is 0 Å². The first-order chi connectivity index (χ1) is 8.61. The molecule has 0 spiro atoms. The molecule has 2 aromatic rings. The van der Waals surface area contributed by atoms with Crippen molar-refractivity contribution in [3.8, 4) is 0 Å². The number of anilines is 1. The van der Waals surface area contributed by atoms with Gasteiger partial charge in [-0.05, 0) is 6.92 Å². The van der Waals surface area contributed by atoms with Gasteiger partial charge in [0.2, 0.25) is 5.51 Å². The monoisotopic (exact) mass is 450 g/mol. The fraction of sp³-hybridized carbons (Fsp3) is 0.417. The van der Waals surface area contributed by atoms with Crippen LogP contribution in [0.5, 0.6) is 0 Å². The van der Waals surface area contributed by atoms with E-state index in [0.717, 1.165) is 11.3 Å². The number of nitrogens with zero attached hydrogens (tertiary/aromatic N) is 3. The van der Waals surface area contributed by atoms with Crippen LogP contribution in [0.25, 0.3) is 0 Å². The molecular weight excluding hydrogens is 434 g/mol. The van der Waals surface area contributed by atoms with Crippen LogP contribution >= 0.6 is 11.3 Å². The number of hydrogen-bond donors (Lipinski definition) is 2. The minimum absolute atomic E-state index is 0. The van der Waals surface area contributed by atoms with Crippen molar-refractivity contribution < 1.29 is 75.6 Å². The zero-order valence-corrected chi connectivity index (χ0v) is 18.0. The maximum Gasteiger partial charge on any atom is 1.00 e. The van der Waals surface area contributed by atoms with Crippen molar-refractivity contribution in [1.82, 2.24) is 9.97 Å². The molecule has 0 atom stereocenters. The van der Waals surface area contributed by atoms with Crippen molar-refractivity contribution in [2.45, 2.75) is 26.8 Å². The van der Waals surface area contributed by atoms with E-state index < -0.39 is 0 Å². The summed E-state index contributed by atoms with van der Waals surface area (Å²) in [6.45, 7) is 4.71. The SMILES string of the molecule is Cc1ncc(C[n+]2csc(CCO)c2C)c(N)n1.[Cl-].[I-].[Na+]. The molecule has 0 saturated carbocycles. The quantitative estimate of drug-likeness (QED) is 0.276. The molecule has 0 fully saturated rings. The van der Waals surface area contributed by atoms with Gasteiger partial charge in [0.15, 0.2) is 12.2 Å². The van der Waals surface area contributed by atoms with E-state index in [0.29, 0.717) is 24.6 Å². The fourth-order valence-corrected chi connectivity index (χ4v) is 2.75. The molecule has 21 heavy (non-hydrogen) atoms. The van der Waals surface area contributed by atoms with Gasteiger partial charge in [-0.15, -0.1) is 0 Å². The van der Waals surface area contributed by atoms with E-state index in [4.69, 9.17) is 10.8 Å². The van der Waals surface area contributed by atoms with Gasteiger partial charge in [0, 0.05) is 26.1 Å². The van der Waals surface area contributed by atoms with Gasteiger partial charge in [-0.2, -0.15) is 4.57 Å². The van der Waals surface area contributed by atoms with E-state index in [2.05, 4.69) is 14.5 Å². The third-order valence-electron chi connectivity index (χ3n) is 2.85. The number of aromatic nitrogens is 3. The number of aryl methyl sites for hydroxylation is 1. The van der Waals surface area contributed by atoms with E-state index in [1.54, 1.807) is 17.5 Å². The number of rotatable bonds is 4. The Morgan fingerprint density at radius 2 is 2.05 bits per heavy atom. The predicted octanol–water partition coefficient (Wildman–Crippen LogP) is -8.38. The van der Waals surface area contributed by atoms with E-state index >= 15 is 0 Å². The van der Waals surface area contributed by atoms with Crippen LogP contribution in [-0.2, 0) is 13.0 Å². The number of halogens is 2. The molecule has 2 aromatic heterocycles. The Labute approximate surface area is 174 Å². The third kappa shape index (κ3) is 6.25. The normalized spacial score (nSPS) is 9.29. The molecule has 0 aliphatic carbocycles. The van der Waals surface area contributed by atoms with Gasteiger partial charge in [0.25, 0.3) is 0 Å². The summed E-state index contributed by atoms with van der Waals surface area (Å²) in [6.07, 6.45) is 2.47. The number of thiazole rings is 1. The maximum atomic E-state index is 8.98. The van der Waals surface area contributed by atoms with E-state index in [9.17, 15) is 0 Å². The van der Waals surface area contributed by atoms with Crippen molar-refractivity contribution >= 4 is 17.2 Å². The summed E-state index contributed by atoms with van der Waals surface area (Å²) in [7, 11) is 0. The Morgan fingerprint density at radius 1 is 1.38 bits per heavy atom. The van der Waals surface area contributed by atoms with E-state index in [-0.39, 0.29) is 72.5 Å². The largest absolute Gasteiger partial charge is 1.00 e. The molecule has 3 N–H and O–H groups in total. The molecule has 0 radical (unpaired) electrons. The van der Waals surface area contributed by atoms with Crippen LogP contribution in [0.3, 0.4) is 0 Å². The number of nitrogen functional groups attached to an aromatic ring is 1. The Bertz CT molecular complexity index is 570. The Hall–Kier alpha value is 0.490. The zero-order valence-electron chi connectivity index (χ0n) is 12.3. The van der Waals surface area contributed by atoms with Gasteiger partial charge in [-0.25, -0.2) is 9.97 Å². The van der Waals surface area contributed by atoms with Gasteiger partial charge in [-0.1, -0.05) is 11.3 Å². The fourth-order valence-electron chi connectivity index (χ4n) is 1.77. The van der Waals surface area contributed by atoms with E-state index in [1.165, 1.54) is 4.88 Å². The predicted molar refractivity (Wildman–Crippen MR) is 70.3 cm³/mol. The molecule has 5 nitrogen and oxygen atoms in total. The first-order valence-electron chi connectivity index (χ1n) is 5.77. The summed E-state index contributed by atoms with van der Waals surface area (Å²) >= 11 is 1.65.